The van der Waals surface area contributed by atoms with Crippen molar-refractivity contribution < 1.29 is 13.9 Å². The Morgan fingerprint density at radius 3 is 2.39 bits per heavy atom. The number of hydrogen-bond donors (Lipinski definition) is 1. The van der Waals surface area contributed by atoms with Gasteiger partial charge in [-0.05, 0) is 74.5 Å². The first-order chi connectivity index (χ1) is 13.7. The topological polar surface area (TPSA) is 48.3 Å². The Morgan fingerprint density at radius 1 is 1.00 bits per heavy atom. The second-order valence-electron chi connectivity index (χ2n) is 6.94. The van der Waals surface area contributed by atoms with Crippen LogP contribution >= 0.6 is 0 Å². The largest absolute Gasteiger partial charge is 0.497 e. The first-order valence-electron chi connectivity index (χ1n) is 9.48. The van der Waals surface area contributed by atoms with Crippen molar-refractivity contribution in [3.63, 3.8) is 0 Å². The van der Waals surface area contributed by atoms with Gasteiger partial charge in [-0.15, -0.1) is 0 Å². The fraction of sp³-hybridized carbons (Fsp3) is 0.318. The Kier molecular flexibility index (Phi) is 5.30. The minimum atomic E-state index is -0.383. The summed E-state index contributed by atoms with van der Waals surface area (Å²) in [5.74, 6) is 1.04. The van der Waals surface area contributed by atoms with Crippen LogP contribution in [0.5, 0.6) is 11.5 Å². The zero-order chi connectivity index (χ0) is 19.5. The highest BCUT2D eigenvalue weighted by Crippen LogP contribution is 2.32. The molecule has 0 unspecified atom stereocenters. The molecule has 0 saturated carbocycles. The second-order valence-corrected chi connectivity index (χ2v) is 6.94. The van der Waals surface area contributed by atoms with Gasteiger partial charge >= 0.3 is 0 Å². The van der Waals surface area contributed by atoms with Crippen LogP contribution in [0.1, 0.15) is 24.5 Å². The van der Waals surface area contributed by atoms with Crippen molar-refractivity contribution in [2.75, 3.05) is 27.3 Å². The van der Waals surface area contributed by atoms with E-state index in [1.54, 1.807) is 13.2 Å². The van der Waals surface area contributed by atoms with Gasteiger partial charge < -0.3 is 14.8 Å². The van der Waals surface area contributed by atoms with Crippen LogP contribution in [0, 0.1) is 5.82 Å². The number of hydrogen-bond acceptors (Lipinski definition) is 4. The van der Waals surface area contributed by atoms with E-state index in [1.807, 2.05) is 35.0 Å². The van der Waals surface area contributed by atoms with Gasteiger partial charge in [-0.1, -0.05) is 0 Å². The van der Waals surface area contributed by atoms with E-state index in [4.69, 9.17) is 14.6 Å². The van der Waals surface area contributed by atoms with Gasteiger partial charge in [0.2, 0.25) is 0 Å². The second kappa shape index (κ2) is 8.02. The summed E-state index contributed by atoms with van der Waals surface area (Å²) in [7, 11) is 3.11. The molecule has 0 atom stereocenters. The van der Waals surface area contributed by atoms with E-state index in [2.05, 4.69) is 11.4 Å². The normalized spacial score (nSPS) is 14.8. The quantitative estimate of drug-likeness (QED) is 0.721. The monoisotopic (exact) mass is 381 g/mol. The van der Waals surface area contributed by atoms with Crippen molar-refractivity contribution in [3.8, 4) is 28.4 Å². The molecule has 0 bridgehead atoms. The van der Waals surface area contributed by atoms with E-state index in [1.165, 1.54) is 13.2 Å². The van der Waals surface area contributed by atoms with Crippen molar-refractivity contribution in [1.29, 1.82) is 0 Å². The average molecular weight is 381 g/mol. The molecule has 4 rings (SSSR count). The molecule has 3 aromatic rings. The third-order valence-corrected chi connectivity index (χ3v) is 5.25. The van der Waals surface area contributed by atoms with Gasteiger partial charge in [-0.2, -0.15) is 5.10 Å². The van der Waals surface area contributed by atoms with E-state index in [0.717, 1.165) is 54.3 Å². The molecule has 5 nitrogen and oxygen atoms in total. The van der Waals surface area contributed by atoms with Gasteiger partial charge in [0.05, 0.1) is 31.3 Å². The SMILES string of the molecule is COc1ccc(-n2nc(C3CCNCC3)cc2-c2ccc(OC)c(F)c2)cc1. The maximum atomic E-state index is 14.4. The first-order valence-corrected chi connectivity index (χ1v) is 9.48. The lowest BCUT2D eigenvalue weighted by Gasteiger charge is -2.20. The number of aromatic nitrogens is 2. The summed E-state index contributed by atoms with van der Waals surface area (Å²) in [6, 6.07) is 14.8. The minimum absolute atomic E-state index is 0.234. The Morgan fingerprint density at radius 2 is 1.75 bits per heavy atom. The number of halogens is 1. The van der Waals surface area contributed by atoms with Crippen LogP contribution < -0.4 is 14.8 Å². The molecule has 0 spiro atoms. The van der Waals surface area contributed by atoms with Crippen molar-refractivity contribution in [1.82, 2.24) is 15.1 Å². The molecular weight excluding hydrogens is 357 g/mol. The fourth-order valence-corrected chi connectivity index (χ4v) is 3.67. The van der Waals surface area contributed by atoms with E-state index < -0.39 is 0 Å². The van der Waals surface area contributed by atoms with E-state index >= 15 is 0 Å². The molecule has 6 heteroatoms. The maximum Gasteiger partial charge on any atom is 0.165 e. The molecule has 0 amide bonds. The zero-order valence-electron chi connectivity index (χ0n) is 16.1. The summed E-state index contributed by atoms with van der Waals surface area (Å²) in [6.45, 7) is 1.99. The lowest BCUT2D eigenvalue weighted by Crippen LogP contribution is -2.26. The van der Waals surface area contributed by atoms with Crippen LogP contribution in [0.4, 0.5) is 4.39 Å². The third kappa shape index (κ3) is 3.60. The van der Waals surface area contributed by atoms with Crippen molar-refractivity contribution >= 4 is 0 Å². The molecule has 2 heterocycles. The smallest absolute Gasteiger partial charge is 0.165 e. The van der Waals surface area contributed by atoms with Crippen LogP contribution in [0.15, 0.2) is 48.5 Å². The van der Waals surface area contributed by atoms with Crippen LogP contribution in [-0.4, -0.2) is 37.1 Å². The molecule has 28 heavy (non-hydrogen) atoms. The maximum absolute atomic E-state index is 14.4. The average Bonchev–Trinajstić information content (AvgIpc) is 3.20. The van der Waals surface area contributed by atoms with Gasteiger partial charge in [-0.25, -0.2) is 9.07 Å². The zero-order valence-corrected chi connectivity index (χ0v) is 16.1. The molecule has 2 aromatic carbocycles. The number of nitrogens with one attached hydrogen (secondary N) is 1. The molecule has 1 N–H and O–H groups in total. The van der Waals surface area contributed by atoms with Crippen LogP contribution in [0.25, 0.3) is 16.9 Å². The number of ether oxygens (including phenoxy) is 2. The summed E-state index contributed by atoms with van der Waals surface area (Å²) < 4.78 is 26.6. The summed E-state index contributed by atoms with van der Waals surface area (Å²) >= 11 is 0. The molecule has 1 saturated heterocycles. The summed E-state index contributed by atoms with van der Waals surface area (Å²) in [5, 5.41) is 8.29. The van der Waals surface area contributed by atoms with E-state index in [0.29, 0.717) is 5.92 Å². The number of benzene rings is 2. The molecule has 1 aliphatic heterocycles. The highest BCUT2D eigenvalue weighted by Gasteiger charge is 2.21. The standard InChI is InChI=1S/C22H24FN3O2/c1-27-18-6-4-17(5-7-18)26-21(16-3-8-22(28-2)19(23)13-16)14-20(25-26)15-9-11-24-12-10-15/h3-8,13-15,24H,9-12H2,1-2H3. The van der Waals surface area contributed by atoms with E-state index in [-0.39, 0.29) is 11.6 Å². The van der Waals surface area contributed by atoms with Crippen molar-refractivity contribution in [2.24, 2.45) is 0 Å². The van der Waals surface area contributed by atoms with E-state index in [9.17, 15) is 4.39 Å². The van der Waals surface area contributed by atoms with Gasteiger partial charge in [0.1, 0.15) is 5.75 Å². The fourth-order valence-electron chi connectivity index (χ4n) is 3.67. The molecule has 1 aliphatic rings. The lowest BCUT2D eigenvalue weighted by atomic mass is 9.94. The van der Waals surface area contributed by atoms with Gasteiger partial charge in [0, 0.05) is 11.5 Å². The molecule has 0 radical (unpaired) electrons. The van der Waals surface area contributed by atoms with Gasteiger partial charge in [0.25, 0.3) is 0 Å². The predicted molar refractivity (Wildman–Crippen MR) is 107 cm³/mol. The molecule has 0 aliphatic carbocycles. The first kappa shape index (κ1) is 18.5. The van der Waals surface area contributed by atoms with Crippen LogP contribution in [0.3, 0.4) is 0 Å². The van der Waals surface area contributed by atoms with Crippen LogP contribution in [0.2, 0.25) is 0 Å². The summed E-state index contributed by atoms with van der Waals surface area (Å²) in [6.07, 6.45) is 2.10. The van der Waals surface area contributed by atoms with Crippen molar-refractivity contribution in [3.05, 3.63) is 60.0 Å². The molecule has 146 valence electrons. The third-order valence-electron chi connectivity index (χ3n) is 5.25. The Balaban J connectivity index is 1.80. The number of piperidine rings is 1. The number of rotatable bonds is 5. The van der Waals surface area contributed by atoms with Crippen molar-refractivity contribution in [2.45, 2.75) is 18.8 Å². The Labute approximate surface area is 164 Å². The highest BCUT2D eigenvalue weighted by atomic mass is 19.1. The number of nitrogens with zero attached hydrogens (tertiary/aromatic N) is 2. The predicted octanol–water partition coefficient (Wildman–Crippen LogP) is 4.16. The Bertz CT molecular complexity index is 947. The number of methoxy groups -OCH3 is 2. The van der Waals surface area contributed by atoms with Gasteiger partial charge in [-0.3, -0.25) is 0 Å². The lowest BCUT2D eigenvalue weighted by molar-refractivity contribution is 0.386. The molecule has 1 aromatic heterocycles. The Hall–Kier alpha value is -2.86. The molecule has 1 fully saturated rings. The highest BCUT2D eigenvalue weighted by molar-refractivity contribution is 5.64. The minimum Gasteiger partial charge on any atom is -0.497 e. The molecular formula is C22H24FN3O2. The summed E-state index contributed by atoms with van der Waals surface area (Å²) in [4.78, 5) is 0. The van der Waals surface area contributed by atoms with Gasteiger partial charge in [0.15, 0.2) is 11.6 Å². The van der Waals surface area contributed by atoms with Crippen LogP contribution in [-0.2, 0) is 0 Å². The summed E-state index contributed by atoms with van der Waals surface area (Å²) in [5.41, 5.74) is 3.58.